The summed E-state index contributed by atoms with van der Waals surface area (Å²) in [6.07, 6.45) is 0. The fourth-order valence-corrected chi connectivity index (χ4v) is 3.89. The van der Waals surface area contributed by atoms with Gasteiger partial charge in [-0.2, -0.15) is 9.57 Å². The molecule has 0 aliphatic carbocycles. The number of nitriles is 1. The van der Waals surface area contributed by atoms with E-state index in [1.807, 2.05) is 4.90 Å². The van der Waals surface area contributed by atoms with Crippen molar-refractivity contribution in [1.29, 1.82) is 5.26 Å². The molecule has 8 heteroatoms. The lowest BCUT2D eigenvalue weighted by atomic mass is 10.2. The van der Waals surface area contributed by atoms with Gasteiger partial charge in [0, 0.05) is 32.7 Å². The van der Waals surface area contributed by atoms with Crippen molar-refractivity contribution < 1.29 is 17.2 Å². The quantitative estimate of drug-likeness (QED) is 0.838. The van der Waals surface area contributed by atoms with Crippen LogP contribution in [0, 0.1) is 28.9 Å². The van der Waals surface area contributed by atoms with E-state index in [1.165, 1.54) is 0 Å². The first-order valence-electron chi connectivity index (χ1n) is 6.92. The highest BCUT2D eigenvalue weighted by Crippen LogP contribution is 2.21. The van der Waals surface area contributed by atoms with E-state index in [0.29, 0.717) is 25.7 Å². The van der Waals surface area contributed by atoms with Crippen LogP contribution in [0.5, 0.6) is 0 Å². The Hall–Kier alpha value is -1.56. The summed E-state index contributed by atoms with van der Waals surface area (Å²) in [5, 5.41) is 8.79. The van der Waals surface area contributed by atoms with Crippen molar-refractivity contribution >= 4 is 10.0 Å². The normalized spacial score (nSPS) is 18.8. The lowest BCUT2D eigenvalue weighted by molar-refractivity contribution is 0.178. The molecule has 1 aromatic carbocycles. The maximum Gasteiger partial charge on any atom is 0.246 e. The van der Waals surface area contributed by atoms with Crippen LogP contribution in [0.2, 0.25) is 0 Å². The van der Waals surface area contributed by atoms with Crippen molar-refractivity contribution in [1.82, 2.24) is 9.21 Å². The van der Waals surface area contributed by atoms with Gasteiger partial charge < -0.3 is 0 Å². The van der Waals surface area contributed by atoms with Gasteiger partial charge in [-0.1, -0.05) is 0 Å². The first kappa shape index (κ1) is 16.8. The maximum absolute atomic E-state index is 13.7. The zero-order valence-electron chi connectivity index (χ0n) is 12.2. The summed E-state index contributed by atoms with van der Waals surface area (Å²) >= 11 is 0. The first-order valence-corrected chi connectivity index (χ1v) is 8.36. The Morgan fingerprint density at radius 1 is 1.27 bits per heavy atom. The predicted octanol–water partition coefficient (Wildman–Crippen LogP) is 1.43. The minimum atomic E-state index is -4.05. The Labute approximate surface area is 128 Å². The van der Waals surface area contributed by atoms with Gasteiger partial charge in [-0.3, -0.25) is 4.90 Å². The van der Waals surface area contributed by atoms with Gasteiger partial charge in [0.05, 0.1) is 12.0 Å². The summed E-state index contributed by atoms with van der Waals surface area (Å²) in [7, 11) is -4.05. The van der Waals surface area contributed by atoms with Crippen molar-refractivity contribution in [3.05, 3.63) is 29.8 Å². The molecule has 0 aromatic heterocycles. The molecular weight excluding hydrogens is 312 g/mol. The van der Waals surface area contributed by atoms with Crippen LogP contribution in [-0.4, -0.2) is 50.3 Å². The number of benzene rings is 1. The summed E-state index contributed by atoms with van der Waals surface area (Å²) in [5.74, 6) is -1.88. The molecule has 1 heterocycles. The van der Waals surface area contributed by atoms with Gasteiger partial charge in [0.1, 0.15) is 16.5 Å². The van der Waals surface area contributed by atoms with Crippen LogP contribution in [0.1, 0.15) is 6.92 Å². The van der Waals surface area contributed by atoms with E-state index in [1.54, 1.807) is 6.92 Å². The number of hydrogen-bond donors (Lipinski definition) is 0. The van der Waals surface area contributed by atoms with Crippen molar-refractivity contribution in [2.24, 2.45) is 5.92 Å². The first-order chi connectivity index (χ1) is 10.3. The van der Waals surface area contributed by atoms with E-state index < -0.39 is 26.6 Å². The SMILES string of the molecule is C[C@@H](C#N)CN1CCN(S(=O)(=O)c2cc(F)ccc2F)CC1. The summed E-state index contributed by atoms with van der Waals surface area (Å²) < 4.78 is 52.8. The lowest BCUT2D eigenvalue weighted by Crippen LogP contribution is -2.49. The van der Waals surface area contributed by atoms with Gasteiger partial charge in [0.2, 0.25) is 10.0 Å². The van der Waals surface area contributed by atoms with E-state index in [9.17, 15) is 17.2 Å². The third-order valence-corrected chi connectivity index (χ3v) is 5.51. The molecule has 0 amide bonds. The van der Waals surface area contributed by atoms with Gasteiger partial charge in [-0.15, -0.1) is 0 Å². The summed E-state index contributed by atoms with van der Waals surface area (Å²) in [6.45, 7) is 3.67. The second-order valence-corrected chi connectivity index (χ2v) is 7.22. The highest BCUT2D eigenvalue weighted by atomic mass is 32.2. The largest absolute Gasteiger partial charge is 0.299 e. The zero-order chi connectivity index (χ0) is 16.3. The third kappa shape index (κ3) is 3.61. The van der Waals surface area contributed by atoms with Crippen molar-refractivity contribution in [3.8, 4) is 6.07 Å². The summed E-state index contributed by atoms with van der Waals surface area (Å²) in [5.41, 5.74) is 0. The summed E-state index contributed by atoms with van der Waals surface area (Å²) in [6, 6.07) is 4.53. The Balaban J connectivity index is 2.10. The molecular formula is C14H17F2N3O2S. The molecule has 0 N–H and O–H groups in total. The highest BCUT2D eigenvalue weighted by Gasteiger charge is 2.31. The molecule has 5 nitrogen and oxygen atoms in total. The number of nitrogens with zero attached hydrogens (tertiary/aromatic N) is 3. The van der Waals surface area contributed by atoms with Gasteiger partial charge in [0.15, 0.2) is 0 Å². The number of halogens is 2. The number of hydrogen-bond acceptors (Lipinski definition) is 4. The Bertz CT molecular complexity index is 680. The molecule has 0 radical (unpaired) electrons. The van der Waals surface area contributed by atoms with Crippen LogP contribution in [-0.2, 0) is 10.0 Å². The average molecular weight is 329 g/mol. The van der Waals surface area contributed by atoms with Gasteiger partial charge in [-0.05, 0) is 25.1 Å². The summed E-state index contributed by atoms with van der Waals surface area (Å²) in [4.78, 5) is 1.35. The van der Waals surface area contributed by atoms with Crippen LogP contribution in [0.25, 0.3) is 0 Å². The van der Waals surface area contributed by atoms with Crippen LogP contribution in [0.3, 0.4) is 0 Å². The van der Waals surface area contributed by atoms with E-state index in [-0.39, 0.29) is 19.0 Å². The molecule has 0 bridgehead atoms. The monoisotopic (exact) mass is 329 g/mol. The molecule has 1 fully saturated rings. The molecule has 0 spiro atoms. The fourth-order valence-electron chi connectivity index (χ4n) is 2.39. The Morgan fingerprint density at radius 2 is 1.91 bits per heavy atom. The molecule has 1 aromatic rings. The predicted molar refractivity (Wildman–Crippen MR) is 76.3 cm³/mol. The molecule has 0 saturated carbocycles. The van der Waals surface area contributed by atoms with E-state index in [2.05, 4.69) is 6.07 Å². The number of sulfonamides is 1. The maximum atomic E-state index is 13.7. The van der Waals surface area contributed by atoms with Crippen LogP contribution >= 0.6 is 0 Å². The second-order valence-electron chi connectivity index (χ2n) is 5.31. The fraction of sp³-hybridized carbons (Fsp3) is 0.500. The highest BCUT2D eigenvalue weighted by molar-refractivity contribution is 7.89. The van der Waals surface area contributed by atoms with E-state index in [4.69, 9.17) is 5.26 Å². The lowest BCUT2D eigenvalue weighted by Gasteiger charge is -2.34. The molecule has 1 aliphatic rings. The van der Waals surface area contributed by atoms with E-state index in [0.717, 1.165) is 16.4 Å². The standard InChI is InChI=1S/C14H17F2N3O2S/c1-11(9-17)10-18-4-6-19(7-5-18)22(20,21)14-8-12(15)2-3-13(14)16/h2-3,8,11H,4-7,10H2,1H3/t11-/m0/s1. The van der Waals surface area contributed by atoms with E-state index >= 15 is 0 Å². The number of rotatable bonds is 4. The van der Waals surface area contributed by atoms with Gasteiger partial charge in [-0.25, -0.2) is 17.2 Å². The minimum absolute atomic E-state index is 0.135. The molecule has 0 unspecified atom stereocenters. The molecule has 1 atom stereocenters. The average Bonchev–Trinajstić information content (AvgIpc) is 2.50. The van der Waals surface area contributed by atoms with Crippen molar-refractivity contribution in [3.63, 3.8) is 0 Å². The Morgan fingerprint density at radius 3 is 2.50 bits per heavy atom. The Kier molecular flexibility index (Phi) is 5.11. The van der Waals surface area contributed by atoms with Crippen LogP contribution < -0.4 is 0 Å². The molecule has 22 heavy (non-hydrogen) atoms. The third-order valence-electron chi connectivity index (χ3n) is 3.59. The van der Waals surface area contributed by atoms with Gasteiger partial charge >= 0.3 is 0 Å². The molecule has 120 valence electrons. The van der Waals surface area contributed by atoms with Crippen LogP contribution in [0.4, 0.5) is 8.78 Å². The topological polar surface area (TPSA) is 64.4 Å². The minimum Gasteiger partial charge on any atom is -0.299 e. The zero-order valence-corrected chi connectivity index (χ0v) is 13.0. The van der Waals surface area contributed by atoms with Crippen LogP contribution in [0.15, 0.2) is 23.1 Å². The van der Waals surface area contributed by atoms with Crippen molar-refractivity contribution in [2.75, 3.05) is 32.7 Å². The molecule has 1 saturated heterocycles. The molecule has 1 aliphatic heterocycles. The smallest absolute Gasteiger partial charge is 0.246 e. The molecule has 2 rings (SSSR count). The van der Waals surface area contributed by atoms with Crippen molar-refractivity contribution in [2.45, 2.75) is 11.8 Å². The van der Waals surface area contributed by atoms with Gasteiger partial charge in [0.25, 0.3) is 0 Å². The second kappa shape index (κ2) is 6.69. The number of piperazine rings is 1.